The highest BCUT2D eigenvalue weighted by Gasteiger charge is 2.14. The molecule has 5 heteroatoms. The molecule has 1 aromatic rings. The molecule has 1 aliphatic rings. The number of amides is 1. The van der Waals surface area contributed by atoms with Crippen LogP contribution in [0.5, 0.6) is 0 Å². The van der Waals surface area contributed by atoms with Gasteiger partial charge in [-0.25, -0.2) is 0 Å². The van der Waals surface area contributed by atoms with Crippen molar-refractivity contribution in [3.05, 3.63) is 29.8 Å². The number of carbonyl (C=O) groups excluding carboxylic acids is 1. The van der Waals surface area contributed by atoms with Crippen LogP contribution in [0.25, 0.3) is 0 Å². The molecule has 0 saturated carbocycles. The van der Waals surface area contributed by atoms with Gasteiger partial charge in [0.05, 0.1) is 11.8 Å². The van der Waals surface area contributed by atoms with E-state index in [4.69, 9.17) is 0 Å². The van der Waals surface area contributed by atoms with Crippen molar-refractivity contribution < 1.29 is 9.90 Å². The summed E-state index contributed by atoms with van der Waals surface area (Å²) in [4.78, 5) is 12.0. The van der Waals surface area contributed by atoms with E-state index < -0.39 is 0 Å². The second-order valence-electron chi connectivity index (χ2n) is 6.11. The summed E-state index contributed by atoms with van der Waals surface area (Å²) in [5, 5.41) is 19.0. The molecule has 0 spiro atoms. The molecule has 0 radical (unpaired) electrons. The highest BCUT2D eigenvalue weighted by molar-refractivity contribution is 5.94. The molecular formula is C17H25N3O2. The Morgan fingerprint density at radius 1 is 1.36 bits per heavy atom. The molecule has 1 aliphatic heterocycles. The van der Waals surface area contributed by atoms with Crippen LogP contribution in [-0.2, 0) is 0 Å². The first kappa shape index (κ1) is 16.5. The Labute approximate surface area is 132 Å². The summed E-state index contributed by atoms with van der Waals surface area (Å²) in [7, 11) is 0. The molecule has 5 nitrogen and oxygen atoms in total. The molecule has 0 aromatic heterocycles. The van der Waals surface area contributed by atoms with E-state index in [1.54, 1.807) is 0 Å². The Kier molecular flexibility index (Phi) is 5.55. The van der Waals surface area contributed by atoms with Crippen LogP contribution in [0.2, 0.25) is 0 Å². The third-order valence-electron chi connectivity index (χ3n) is 3.90. The van der Waals surface area contributed by atoms with Crippen LogP contribution in [0, 0.1) is 5.92 Å². The third-order valence-corrected chi connectivity index (χ3v) is 3.90. The van der Waals surface area contributed by atoms with Gasteiger partial charge in [0.1, 0.15) is 0 Å². The third kappa shape index (κ3) is 4.31. The number of benzene rings is 1. The SMILES string of the molecule is CC1=NN(c2ccc(C(=O)NCCC(O)C(C)C)cc2)CC1. The predicted molar refractivity (Wildman–Crippen MR) is 89.3 cm³/mol. The lowest BCUT2D eigenvalue weighted by molar-refractivity contribution is 0.0920. The quantitative estimate of drug-likeness (QED) is 0.848. The lowest BCUT2D eigenvalue weighted by Gasteiger charge is -2.15. The van der Waals surface area contributed by atoms with Gasteiger partial charge in [0.2, 0.25) is 0 Å². The molecule has 1 aromatic carbocycles. The first-order valence-electron chi connectivity index (χ1n) is 7.85. The van der Waals surface area contributed by atoms with Gasteiger partial charge in [-0.15, -0.1) is 0 Å². The Hall–Kier alpha value is -1.88. The van der Waals surface area contributed by atoms with Gasteiger partial charge in [0.25, 0.3) is 5.91 Å². The smallest absolute Gasteiger partial charge is 0.251 e. The number of hydrogen-bond donors (Lipinski definition) is 2. The molecule has 0 saturated heterocycles. The van der Waals surface area contributed by atoms with Crippen LogP contribution < -0.4 is 10.3 Å². The minimum Gasteiger partial charge on any atom is -0.393 e. The number of aliphatic hydroxyl groups excluding tert-OH is 1. The standard InChI is InChI=1S/C17H25N3O2/c1-12(2)16(21)8-10-18-17(22)14-4-6-15(7-5-14)20-11-9-13(3)19-20/h4-7,12,16,21H,8-11H2,1-3H3,(H,18,22). The normalized spacial score (nSPS) is 15.9. The van der Waals surface area contributed by atoms with Crippen molar-refractivity contribution in [1.29, 1.82) is 0 Å². The van der Waals surface area contributed by atoms with Crippen LogP contribution in [-0.4, -0.2) is 35.9 Å². The summed E-state index contributed by atoms with van der Waals surface area (Å²) in [5.41, 5.74) is 2.76. The van der Waals surface area contributed by atoms with Crippen LogP contribution in [0.1, 0.15) is 44.0 Å². The highest BCUT2D eigenvalue weighted by atomic mass is 16.3. The summed E-state index contributed by atoms with van der Waals surface area (Å²) < 4.78 is 0. The predicted octanol–water partition coefficient (Wildman–Crippen LogP) is 2.41. The minimum atomic E-state index is -0.376. The number of aliphatic hydroxyl groups is 1. The van der Waals surface area contributed by atoms with E-state index in [2.05, 4.69) is 10.4 Å². The van der Waals surface area contributed by atoms with E-state index in [9.17, 15) is 9.90 Å². The molecule has 1 atom stereocenters. The summed E-state index contributed by atoms with van der Waals surface area (Å²) >= 11 is 0. The van der Waals surface area contributed by atoms with Crippen molar-refractivity contribution in [1.82, 2.24) is 5.32 Å². The fraction of sp³-hybridized carbons (Fsp3) is 0.529. The average molecular weight is 303 g/mol. The Bertz CT molecular complexity index is 537. The molecular weight excluding hydrogens is 278 g/mol. The summed E-state index contributed by atoms with van der Waals surface area (Å²) in [6, 6.07) is 7.46. The van der Waals surface area contributed by atoms with Crippen molar-refractivity contribution in [2.75, 3.05) is 18.1 Å². The fourth-order valence-corrected chi connectivity index (χ4v) is 2.31. The summed E-state index contributed by atoms with van der Waals surface area (Å²) in [6.45, 7) is 7.33. The average Bonchev–Trinajstić information content (AvgIpc) is 2.93. The second kappa shape index (κ2) is 7.40. The molecule has 2 N–H and O–H groups in total. The van der Waals surface area contributed by atoms with Crippen molar-refractivity contribution in [2.24, 2.45) is 11.0 Å². The first-order chi connectivity index (χ1) is 10.5. The van der Waals surface area contributed by atoms with E-state index in [0.717, 1.165) is 24.4 Å². The van der Waals surface area contributed by atoms with Gasteiger partial charge in [0, 0.05) is 30.8 Å². The summed E-state index contributed by atoms with van der Waals surface area (Å²) in [5.74, 6) is 0.101. The lowest BCUT2D eigenvalue weighted by Crippen LogP contribution is -2.28. The molecule has 1 amide bonds. The van der Waals surface area contributed by atoms with Crippen LogP contribution in [0.15, 0.2) is 29.4 Å². The maximum absolute atomic E-state index is 12.0. The maximum atomic E-state index is 12.0. The number of hydrogen-bond acceptors (Lipinski definition) is 4. The Balaban J connectivity index is 1.86. The second-order valence-corrected chi connectivity index (χ2v) is 6.11. The summed E-state index contributed by atoms with van der Waals surface area (Å²) in [6.07, 6.45) is 1.18. The molecule has 1 heterocycles. The maximum Gasteiger partial charge on any atom is 0.251 e. The largest absolute Gasteiger partial charge is 0.393 e. The number of anilines is 1. The van der Waals surface area contributed by atoms with Gasteiger partial charge >= 0.3 is 0 Å². The zero-order chi connectivity index (χ0) is 16.1. The van der Waals surface area contributed by atoms with Crippen molar-refractivity contribution in [3.63, 3.8) is 0 Å². The first-order valence-corrected chi connectivity index (χ1v) is 7.85. The van der Waals surface area contributed by atoms with Crippen LogP contribution in [0.3, 0.4) is 0 Å². The number of nitrogens with zero attached hydrogens (tertiary/aromatic N) is 2. The number of hydrazone groups is 1. The van der Waals surface area contributed by atoms with Gasteiger partial charge in [-0.05, 0) is 43.5 Å². The number of nitrogens with one attached hydrogen (secondary N) is 1. The molecule has 0 aliphatic carbocycles. The Morgan fingerprint density at radius 2 is 2.05 bits per heavy atom. The molecule has 0 bridgehead atoms. The molecule has 1 unspecified atom stereocenters. The fourth-order valence-electron chi connectivity index (χ4n) is 2.31. The van der Waals surface area contributed by atoms with Crippen LogP contribution >= 0.6 is 0 Å². The van der Waals surface area contributed by atoms with Gasteiger partial charge in [-0.1, -0.05) is 13.8 Å². The highest BCUT2D eigenvalue weighted by Crippen LogP contribution is 2.19. The molecule has 2 rings (SSSR count). The van der Waals surface area contributed by atoms with E-state index in [0.29, 0.717) is 18.5 Å². The molecule has 22 heavy (non-hydrogen) atoms. The molecule has 120 valence electrons. The van der Waals surface area contributed by atoms with Crippen molar-refractivity contribution in [3.8, 4) is 0 Å². The number of carbonyl (C=O) groups is 1. The minimum absolute atomic E-state index is 0.108. The van der Waals surface area contributed by atoms with E-state index in [-0.39, 0.29) is 17.9 Å². The van der Waals surface area contributed by atoms with Gasteiger partial charge in [-0.3, -0.25) is 9.80 Å². The zero-order valence-corrected chi connectivity index (χ0v) is 13.5. The van der Waals surface area contributed by atoms with Crippen LogP contribution in [0.4, 0.5) is 5.69 Å². The lowest BCUT2D eigenvalue weighted by atomic mass is 10.0. The molecule has 0 fully saturated rings. The van der Waals surface area contributed by atoms with E-state index in [1.165, 1.54) is 0 Å². The van der Waals surface area contributed by atoms with E-state index >= 15 is 0 Å². The Morgan fingerprint density at radius 3 is 2.59 bits per heavy atom. The van der Waals surface area contributed by atoms with Crippen molar-refractivity contribution >= 4 is 17.3 Å². The topological polar surface area (TPSA) is 64.9 Å². The van der Waals surface area contributed by atoms with Gasteiger partial charge in [0.15, 0.2) is 0 Å². The van der Waals surface area contributed by atoms with Gasteiger partial charge in [-0.2, -0.15) is 5.10 Å². The van der Waals surface area contributed by atoms with Gasteiger partial charge < -0.3 is 10.4 Å². The van der Waals surface area contributed by atoms with E-state index in [1.807, 2.05) is 50.0 Å². The monoisotopic (exact) mass is 303 g/mol. The number of rotatable bonds is 6. The zero-order valence-electron chi connectivity index (χ0n) is 13.5. The van der Waals surface area contributed by atoms with Crippen molar-refractivity contribution in [2.45, 2.75) is 39.7 Å².